The van der Waals surface area contributed by atoms with Crippen molar-refractivity contribution in [3.05, 3.63) is 53.1 Å². The molecule has 1 aromatic carbocycles. The molecule has 0 saturated heterocycles. The van der Waals surface area contributed by atoms with E-state index in [-0.39, 0.29) is 0 Å². The second-order valence-electron chi connectivity index (χ2n) is 5.00. The monoisotopic (exact) mass is 226 g/mol. The SMILES string of the molecule is CCC(C)C1=C(c2ccccc2C)C=CCC1. The van der Waals surface area contributed by atoms with Crippen molar-refractivity contribution in [1.29, 1.82) is 0 Å². The molecule has 1 aliphatic carbocycles. The van der Waals surface area contributed by atoms with Gasteiger partial charge in [-0.05, 0) is 48.8 Å². The Bertz CT molecular complexity index is 449. The molecule has 17 heavy (non-hydrogen) atoms. The predicted octanol–water partition coefficient (Wildman–Crippen LogP) is 5.14. The number of rotatable bonds is 3. The van der Waals surface area contributed by atoms with E-state index in [1.807, 2.05) is 0 Å². The van der Waals surface area contributed by atoms with Crippen molar-refractivity contribution in [2.45, 2.75) is 40.0 Å². The predicted molar refractivity (Wildman–Crippen MR) is 75.9 cm³/mol. The summed E-state index contributed by atoms with van der Waals surface area (Å²) in [5.74, 6) is 0.703. The summed E-state index contributed by atoms with van der Waals surface area (Å²) in [6, 6.07) is 8.72. The Kier molecular flexibility index (Phi) is 3.83. The molecule has 1 unspecified atom stereocenters. The number of hydrogen-bond donors (Lipinski definition) is 0. The highest BCUT2D eigenvalue weighted by molar-refractivity contribution is 5.79. The van der Waals surface area contributed by atoms with E-state index in [0.717, 1.165) is 0 Å². The van der Waals surface area contributed by atoms with Crippen molar-refractivity contribution in [1.82, 2.24) is 0 Å². The summed E-state index contributed by atoms with van der Waals surface area (Å²) in [6.07, 6.45) is 8.31. The third-order valence-electron chi connectivity index (χ3n) is 3.85. The molecule has 0 heterocycles. The first-order valence-electron chi connectivity index (χ1n) is 6.69. The molecule has 90 valence electrons. The normalized spacial score (nSPS) is 17.4. The lowest BCUT2D eigenvalue weighted by molar-refractivity contribution is 0.625. The number of aryl methyl sites for hydroxylation is 1. The molecule has 1 atom stereocenters. The third-order valence-corrected chi connectivity index (χ3v) is 3.85. The molecule has 0 bridgehead atoms. The van der Waals surface area contributed by atoms with Crippen LogP contribution >= 0.6 is 0 Å². The first kappa shape index (κ1) is 12.2. The van der Waals surface area contributed by atoms with E-state index in [4.69, 9.17) is 0 Å². The molecule has 0 aromatic heterocycles. The molecular formula is C17H22. The van der Waals surface area contributed by atoms with E-state index in [1.54, 1.807) is 5.57 Å². The second-order valence-corrected chi connectivity index (χ2v) is 5.00. The lowest BCUT2D eigenvalue weighted by Crippen LogP contribution is -2.04. The topological polar surface area (TPSA) is 0 Å². The molecule has 0 amide bonds. The average Bonchev–Trinajstić information content (AvgIpc) is 2.38. The zero-order valence-electron chi connectivity index (χ0n) is 11.2. The van der Waals surface area contributed by atoms with Crippen LogP contribution in [0.4, 0.5) is 0 Å². The van der Waals surface area contributed by atoms with Crippen LogP contribution in [0.25, 0.3) is 5.57 Å². The standard InChI is InChI=1S/C17H22/c1-4-13(2)15-10-7-8-12-17(15)16-11-6-5-9-14(16)3/h5-6,8-9,11-13H,4,7,10H2,1-3H3. The number of allylic oxidation sites excluding steroid dienone is 4. The van der Waals surface area contributed by atoms with E-state index in [2.05, 4.69) is 57.2 Å². The van der Waals surface area contributed by atoms with Gasteiger partial charge in [0.1, 0.15) is 0 Å². The highest BCUT2D eigenvalue weighted by Gasteiger charge is 2.15. The summed E-state index contributed by atoms with van der Waals surface area (Å²) < 4.78 is 0. The molecule has 1 aromatic rings. The second kappa shape index (κ2) is 5.35. The van der Waals surface area contributed by atoms with Gasteiger partial charge in [-0.3, -0.25) is 0 Å². The smallest absolute Gasteiger partial charge is 0.0155 e. The molecule has 0 nitrogen and oxygen atoms in total. The Labute approximate surface area is 105 Å². The van der Waals surface area contributed by atoms with E-state index in [1.165, 1.54) is 36.0 Å². The molecule has 2 rings (SSSR count). The molecule has 1 aliphatic rings. The van der Waals surface area contributed by atoms with Gasteiger partial charge in [-0.25, -0.2) is 0 Å². The highest BCUT2D eigenvalue weighted by atomic mass is 14.2. The first-order valence-corrected chi connectivity index (χ1v) is 6.69. The van der Waals surface area contributed by atoms with Gasteiger partial charge in [0.25, 0.3) is 0 Å². The van der Waals surface area contributed by atoms with Gasteiger partial charge in [-0.1, -0.05) is 55.8 Å². The van der Waals surface area contributed by atoms with E-state index in [9.17, 15) is 0 Å². The fourth-order valence-electron chi connectivity index (χ4n) is 2.58. The lowest BCUT2D eigenvalue weighted by Gasteiger charge is -2.22. The summed E-state index contributed by atoms with van der Waals surface area (Å²) in [7, 11) is 0. The molecule has 0 fully saturated rings. The van der Waals surface area contributed by atoms with Crippen LogP contribution in [0.1, 0.15) is 44.2 Å². The van der Waals surface area contributed by atoms with Crippen LogP contribution < -0.4 is 0 Å². The largest absolute Gasteiger partial charge is 0.0836 e. The van der Waals surface area contributed by atoms with Crippen molar-refractivity contribution < 1.29 is 0 Å². The van der Waals surface area contributed by atoms with Crippen molar-refractivity contribution in [3.63, 3.8) is 0 Å². The Hall–Kier alpha value is -1.30. The van der Waals surface area contributed by atoms with Gasteiger partial charge in [-0.15, -0.1) is 0 Å². The Balaban J connectivity index is 2.50. The fourth-order valence-corrected chi connectivity index (χ4v) is 2.58. The molecule has 0 spiro atoms. The van der Waals surface area contributed by atoms with Gasteiger partial charge in [0.2, 0.25) is 0 Å². The van der Waals surface area contributed by atoms with Crippen molar-refractivity contribution >= 4 is 5.57 Å². The zero-order chi connectivity index (χ0) is 12.3. The van der Waals surface area contributed by atoms with Gasteiger partial charge < -0.3 is 0 Å². The van der Waals surface area contributed by atoms with Crippen molar-refractivity contribution in [2.24, 2.45) is 5.92 Å². The highest BCUT2D eigenvalue weighted by Crippen LogP contribution is 2.34. The van der Waals surface area contributed by atoms with Gasteiger partial charge in [0.05, 0.1) is 0 Å². The van der Waals surface area contributed by atoms with Crippen molar-refractivity contribution in [3.8, 4) is 0 Å². The lowest BCUT2D eigenvalue weighted by atomic mass is 9.83. The maximum absolute atomic E-state index is 2.35. The summed E-state index contributed by atoms with van der Waals surface area (Å²) in [6.45, 7) is 6.84. The molecule has 0 radical (unpaired) electrons. The molecule has 0 aliphatic heterocycles. The summed E-state index contributed by atoms with van der Waals surface area (Å²) in [5.41, 5.74) is 5.92. The van der Waals surface area contributed by atoms with Crippen LogP contribution in [0, 0.1) is 12.8 Å². The maximum atomic E-state index is 2.35. The Morgan fingerprint density at radius 3 is 2.71 bits per heavy atom. The summed E-state index contributed by atoms with van der Waals surface area (Å²) in [5, 5.41) is 0. The van der Waals surface area contributed by atoms with Crippen LogP contribution in [-0.4, -0.2) is 0 Å². The maximum Gasteiger partial charge on any atom is -0.0155 e. The van der Waals surface area contributed by atoms with Gasteiger partial charge in [0, 0.05) is 0 Å². The van der Waals surface area contributed by atoms with Crippen LogP contribution in [0.2, 0.25) is 0 Å². The van der Waals surface area contributed by atoms with E-state index >= 15 is 0 Å². The van der Waals surface area contributed by atoms with Gasteiger partial charge >= 0.3 is 0 Å². The molecular weight excluding hydrogens is 204 g/mol. The minimum atomic E-state index is 0.703. The quantitative estimate of drug-likeness (QED) is 0.669. The van der Waals surface area contributed by atoms with Gasteiger partial charge in [0.15, 0.2) is 0 Å². The fraction of sp³-hybridized carbons (Fsp3) is 0.412. The summed E-state index contributed by atoms with van der Waals surface area (Å²) >= 11 is 0. The molecule has 0 saturated carbocycles. The zero-order valence-corrected chi connectivity index (χ0v) is 11.2. The van der Waals surface area contributed by atoms with Gasteiger partial charge in [-0.2, -0.15) is 0 Å². The van der Waals surface area contributed by atoms with Crippen molar-refractivity contribution in [2.75, 3.05) is 0 Å². The molecule has 0 heteroatoms. The Morgan fingerprint density at radius 2 is 2.00 bits per heavy atom. The molecule has 0 N–H and O–H groups in total. The average molecular weight is 226 g/mol. The first-order chi connectivity index (χ1) is 8.24. The Morgan fingerprint density at radius 1 is 1.24 bits per heavy atom. The van der Waals surface area contributed by atoms with E-state index in [0.29, 0.717) is 5.92 Å². The van der Waals surface area contributed by atoms with Crippen LogP contribution in [0.5, 0.6) is 0 Å². The van der Waals surface area contributed by atoms with Crippen LogP contribution in [-0.2, 0) is 0 Å². The number of hydrogen-bond acceptors (Lipinski definition) is 0. The minimum Gasteiger partial charge on any atom is -0.0836 e. The minimum absolute atomic E-state index is 0.703. The summed E-state index contributed by atoms with van der Waals surface area (Å²) in [4.78, 5) is 0. The van der Waals surface area contributed by atoms with Crippen LogP contribution in [0.3, 0.4) is 0 Å². The number of benzene rings is 1. The van der Waals surface area contributed by atoms with E-state index < -0.39 is 0 Å². The van der Waals surface area contributed by atoms with Crippen LogP contribution in [0.15, 0.2) is 42.0 Å². The third kappa shape index (κ3) is 2.52.